The molecule has 0 unspecified atom stereocenters. The molecule has 0 heterocycles. The van der Waals surface area contributed by atoms with Crippen molar-refractivity contribution in [3.05, 3.63) is 42.1 Å². The van der Waals surface area contributed by atoms with Crippen LogP contribution in [-0.4, -0.2) is 13.0 Å². The van der Waals surface area contributed by atoms with E-state index in [1.54, 1.807) is 7.11 Å². The highest BCUT2D eigenvalue weighted by Crippen LogP contribution is 2.13. The lowest BCUT2D eigenvalue weighted by atomic mass is 10.2. The summed E-state index contributed by atoms with van der Waals surface area (Å²) in [6.07, 6.45) is 0.753. The minimum atomic E-state index is 0.356. The second-order valence-electron chi connectivity index (χ2n) is 3.18. The molecule has 0 amide bonds. The van der Waals surface area contributed by atoms with Crippen molar-refractivity contribution >= 4 is 5.90 Å². The molecule has 0 aliphatic heterocycles. The van der Waals surface area contributed by atoms with Gasteiger partial charge < -0.3 is 9.57 Å². The van der Waals surface area contributed by atoms with E-state index in [1.165, 1.54) is 0 Å². The molecule has 0 spiro atoms. The molecular formula is C12H16N2O2. The van der Waals surface area contributed by atoms with Gasteiger partial charge in [0.2, 0.25) is 5.90 Å². The smallest absolute Gasteiger partial charge is 0.244 e. The lowest BCUT2D eigenvalue weighted by Crippen LogP contribution is -2.12. The molecule has 4 nitrogen and oxygen atoms in total. The van der Waals surface area contributed by atoms with Gasteiger partial charge in [0.05, 0.1) is 7.11 Å². The van der Waals surface area contributed by atoms with Crippen LogP contribution < -0.4 is 10.6 Å². The monoisotopic (exact) mass is 220 g/mol. The Kier molecular flexibility index (Phi) is 4.54. The molecule has 4 heteroatoms. The fourth-order valence-electron chi connectivity index (χ4n) is 1.12. The van der Waals surface area contributed by atoms with Crippen LogP contribution in [0.3, 0.4) is 0 Å². The molecular weight excluding hydrogens is 204 g/mol. The van der Waals surface area contributed by atoms with E-state index in [4.69, 9.17) is 15.5 Å². The van der Waals surface area contributed by atoms with E-state index in [0.717, 1.165) is 23.4 Å². The third kappa shape index (κ3) is 3.10. The number of methoxy groups -OCH3 is 1. The summed E-state index contributed by atoms with van der Waals surface area (Å²) in [5.41, 5.74) is 1.51. The topological polar surface area (TPSA) is 56.8 Å². The van der Waals surface area contributed by atoms with Crippen LogP contribution in [-0.2, 0) is 4.84 Å². The zero-order valence-electron chi connectivity index (χ0n) is 9.56. The maximum absolute atomic E-state index is 5.18. The van der Waals surface area contributed by atoms with Crippen molar-refractivity contribution in [2.75, 3.05) is 7.11 Å². The summed E-state index contributed by atoms with van der Waals surface area (Å²) in [5, 5.41) is 0. The zero-order valence-corrected chi connectivity index (χ0v) is 9.56. The first-order valence-corrected chi connectivity index (χ1v) is 4.98. The summed E-state index contributed by atoms with van der Waals surface area (Å²) >= 11 is 0. The predicted molar refractivity (Wildman–Crippen MR) is 64.2 cm³/mol. The Morgan fingerprint density at radius 3 is 2.44 bits per heavy atom. The number of hydrogen-bond donors (Lipinski definition) is 1. The average molecular weight is 220 g/mol. The Balaban J connectivity index is 2.95. The lowest BCUT2D eigenvalue weighted by Gasteiger charge is -2.05. The van der Waals surface area contributed by atoms with Crippen molar-refractivity contribution < 1.29 is 9.57 Å². The van der Waals surface area contributed by atoms with Gasteiger partial charge >= 0.3 is 0 Å². The van der Waals surface area contributed by atoms with Gasteiger partial charge in [-0.15, -0.1) is 0 Å². The molecule has 1 rings (SSSR count). The van der Waals surface area contributed by atoms with Gasteiger partial charge in [0, 0.05) is 11.3 Å². The standard InChI is InChI=1S/C12H16N2O2/c1-4-9(2)14-12(16-13)10-5-7-11(15-3)8-6-10/h5-8H,2,4,13H2,1,3H3. The van der Waals surface area contributed by atoms with Crippen LogP contribution in [0.1, 0.15) is 18.9 Å². The van der Waals surface area contributed by atoms with Crippen LogP contribution >= 0.6 is 0 Å². The average Bonchev–Trinajstić information content (AvgIpc) is 2.35. The molecule has 0 atom stereocenters. The van der Waals surface area contributed by atoms with Crippen molar-refractivity contribution in [2.24, 2.45) is 10.9 Å². The highest BCUT2D eigenvalue weighted by atomic mass is 16.6. The summed E-state index contributed by atoms with van der Waals surface area (Å²) in [6, 6.07) is 7.29. The van der Waals surface area contributed by atoms with Gasteiger partial charge in [-0.05, 0) is 30.7 Å². The predicted octanol–water partition coefficient (Wildman–Crippen LogP) is 2.26. The first-order valence-electron chi connectivity index (χ1n) is 4.98. The van der Waals surface area contributed by atoms with E-state index in [0.29, 0.717) is 5.90 Å². The summed E-state index contributed by atoms with van der Waals surface area (Å²) in [7, 11) is 1.61. The number of hydrogen-bond acceptors (Lipinski definition) is 4. The second kappa shape index (κ2) is 5.92. The van der Waals surface area contributed by atoms with Crippen LogP contribution in [0.4, 0.5) is 0 Å². The third-order valence-corrected chi connectivity index (χ3v) is 2.12. The van der Waals surface area contributed by atoms with Crippen LogP contribution in [0.15, 0.2) is 41.5 Å². The number of aliphatic imine (C=N–C) groups is 1. The SMILES string of the molecule is C=C(CC)N=C(ON)c1ccc(OC)cc1. The molecule has 0 saturated carbocycles. The van der Waals surface area contributed by atoms with Crippen molar-refractivity contribution in [2.45, 2.75) is 13.3 Å². The Bertz CT molecular complexity index is 383. The maximum atomic E-state index is 5.18. The van der Waals surface area contributed by atoms with E-state index in [9.17, 15) is 0 Å². The molecule has 1 aromatic carbocycles. The van der Waals surface area contributed by atoms with Crippen LogP contribution in [0.2, 0.25) is 0 Å². The molecule has 0 aliphatic rings. The fraction of sp³-hybridized carbons (Fsp3) is 0.250. The number of allylic oxidation sites excluding steroid dienone is 1. The molecule has 0 fully saturated rings. The summed E-state index contributed by atoms with van der Waals surface area (Å²) in [4.78, 5) is 8.90. The Labute approximate surface area is 95.3 Å². The largest absolute Gasteiger partial charge is 0.497 e. The Morgan fingerprint density at radius 2 is 2.00 bits per heavy atom. The van der Waals surface area contributed by atoms with Gasteiger partial charge in [-0.2, -0.15) is 5.90 Å². The van der Waals surface area contributed by atoms with Crippen molar-refractivity contribution in [1.29, 1.82) is 0 Å². The van der Waals surface area contributed by atoms with E-state index >= 15 is 0 Å². The molecule has 0 radical (unpaired) electrons. The van der Waals surface area contributed by atoms with Gasteiger partial charge in [-0.3, -0.25) is 0 Å². The molecule has 86 valence electrons. The molecule has 0 saturated heterocycles. The molecule has 0 bridgehead atoms. The number of rotatable bonds is 4. The van der Waals surface area contributed by atoms with Gasteiger partial charge in [-0.25, -0.2) is 4.99 Å². The van der Waals surface area contributed by atoms with Crippen LogP contribution in [0.5, 0.6) is 5.75 Å². The molecule has 2 N–H and O–H groups in total. The van der Waals surface area contributed by atoms with Gasteiger partial charge in [-0.1, -0.05) is 13.5 Å². The number of nitrogens with zero attached hydrogens (tertiary/aromatic N) is 1. The van der Waals surface area contributed by atoms with E-state index in [2.05, 4.69) is 11.6 Å². The molecule has 0 aromatic heterocycles. The Hall–Kier alpha value is -1.81. The molecule has 0 aliphatic carbocycles. The number of benzene rings is 1. The zero-order chi connectivity index (χ0) is 12.0. The lowest BCUT2D eigenvalue weighted by molar-refractivity contribution is 0.321. The number of ether oxygens (including phenoxy) is 1. The summed E-state index contributed by atoms with van der Waals surface area (Å²) in [6.45, 7) is 5.74. The normalized spacial score (nSPS) is 11.1. The van der Waals surface area contributed by atoms with Crippen LogP contribution in [0.25, 0.3) is 0 Å². The highest BCUT2D eigenvalue weighted by Gasteiger charge is 2.04. The minimum Gasteiger partial charge on any atom is -0.497 e. The van der Waals surface area contributed by atoms with Crippen molar-refractivity contribution in [3.8, 4) is 5.75 Å². The first kappa shape index (κ1) is 12.3. The van der Waals surface area contributed by atoms with E-state index in [-0.39, 0.29) is 0 Å². The maximum Gasteiger partial charge on any atom is 0.244 e. The Morgan fingerprint density at radius 1 is 1.38 bits per heavy atom. The quantitative estimate of drug-likeness (QED) is 0.481. The fourth-order valence-corrected chi connectivity index (χ4v) is 1.12. The number of nitrogens with two attached hydrogens (primary N) is 1. The second-order valence-corrected chi connectivity index (χ2v) is 3.18. The summed E-state index contributed by atoms with van der Waals surface area (Å²) in [5.74, 6) is 6.30. The van der Waals surface area contributed by atoms with Crippen molar-refractivity contribution in [1.82, 2.24) is 0 Å². The molecule has 1 aromatic rings. The summed E-state index contributed by atoms with van der Waals surface area (Å²) < 4.78 is 5.06. The van der Waals surface area contributed by atoms with Gasteiger partial charge in [0.25, 0.3) is 0 Å². The highest BCUT2D eigenvalue weighted by molar-refractivity contribution is 5.94. The van der Waals surface area contributed by atoms with Crippen LogP contribution in [0, 0.1) is 0 Å². The van der Waals surface area contributed by atoms with Gasteiger partial charge in [0.15, 0.2) is 0 Å². The van der Waals surface area contributed by atoms with E-state index in [1.807, 2.05) is 31.2 Å². The molecule has 16 heavy (non-hydrogen) atoms. The van der Waals surface area contributed by atoms with E-state index < -0.39 is 0 Å². The van der Waals surface area contributed by atoms with Crippen molar-refractivity contribution in [3.63, 3.8) is 0 Å². The van der Waals surface area contributed by atoms with Gasteiger partial charge in [0.1, 0.15) is 5.75 Å². The third-order valence-electron chi connectivity index (χ3n) is 2.12. The first-order chi connectivity index (χ1) is 7.71. The minimum absolute atomic E-state index is 0.356.